The van der Waals surface area contributed by atoms with E-state index < -0.39 is 5.97 Å². The quantitative estimate of drug-likeness (QED) is 0.758. The van der Waals surface area contributed by atoms with Crippen LogP contribution >= 0.6 is 0 Å². The fourth-order valence-corrected chi connectivity index (χ4v) is 4.36. The number of hydrogen-bond donors (Lipinski definition) is 1. The topological polar surface area (TPSA) is 37.3 Å². The average Bonchev–Trinajstić information content (AvgIpc) is 2.46. The van der Waals surface area contributed by atoms with Crippen molar-refractivity contribution >= 4 is 5.97 Å². The van der Waals surface area contributed by atoms with Crippen LogP contribution in [0.15, 0.2) is 0 Å². The lowest BCUT2D eigenvalue weighted by Crippen LogP contribution is -2.37. The predicted octanol–water partition coefficient (Wildman–Crippen LogP) is 5.02. The summed E-state index contributed by atoms with van der Waals surface area (Å²) in [6.45, 7) is 2.16. The summed E-state index contributed by atoms with van der Waals surface area (Å²) >= 11 is 0. The smallest absolute Gasteiger partial charge is 0.309 e. The van der Waals surface area contributed by atoms with Gasteiger partial charge in [-0.25, -0.2) is 0 Å². The van der Waals surface area contributed by atoms with Crippen molar-refractivity contribution in [3.05, 3.63) is 0 Å². The van der Waals surface area contributed by atoms with Gasteiger partial charge in [0.2, 0.25) is 0 Å². The molecule has 0 amide bonds. The van der Waals surface area contributed by atoms with Gasteiger partial charge in [-0.1, -0.05) is 51.9 Å². The van der Waals surface area contributed by atoms with Crippen LogP contribution in [0.3, 0.4) is 0 Å². The molecule has 2 aliphatic carbocycles. The Labute approximate surface area is 118 Å². The normalized spacial score (nSPS) is 33.2. The Morgan fingerprint density at radius 3 is 2.16 bits per heavy atom. The van der Waals surface area contributed by atoms with E-state index in [2.05, 4.69) is 6.92 Å². The highest BCUT2D eigenvalue weighted by Crippen LogP contribution is 2.47. The second kappa shape index (κ2) is 6.76. The third-order valence-corrected chi connectivity index (χ3v) is 5.77. The van der Waals surface area contributed by atoms with Gasteiger partial charge in [0.15, 0.2) is 0 Å². The first kappa shape index (κ1) is 14.9. The Hall–Kier alpha value is -0.530. The Bertz CT molecular complexity index is 284. The van der Waals surface area contributed by atoms with Crippen molar-refractivity contribution in [1.29, 1.82) is 0 Å². The highest BCUT2D eigenvalue weighted by molar-refractivity contribution is 5.74. The molecule has 0 saturated heterocycles. The molecule has 0 radical (unpaired) electrons. The standard InChI is InChI=1S/C17H30O2/c1-2-3-11-17(16(18)19)12-9-15(10-13-17)14-7-5-4-6-8-14/h14-15H,2-13H2,1H3,(H,18,19). The highest BCUT2D eigenvalue weighted by atomic mass is 16.4. The second-order valence-electron chi connectivity index (χ2n) is 6.92. The molecule has 0 aromatic heterocycles. The lowest BCUT2D eigenvalue weighted by atomic mass is 9.63. The van der Waals surface area contributed by atoms with Gasteiger partial charge < -0.3 is 5.11 Å². The van der Waals surface area contributed by atoms with Crippen molar-refractivity contribution in [2.24, 2.45) is 17.3 Å². The minimum absolute atomic E-state index is 0.374. The van der Waals surface area contributed by atoms with Gasteiger partial charge >= 0.3 is 5.97 Å². The van der Waals surface area contributed by atoms with Crippen LogP contribution in [0, 0.1) is 17.3 Å². The first-order valence-corrected chi connectivity index (χ1v) is 8.41. The van der Waals surface area contributed by atoms with Crippen molar-refractivity contribution in [1.82, 2.24) is 0 Å². The number of carboxylic acids is 1. The molecule has 0 aromatic carbocycles. The molecule has 2 rings (SSSR count). The molecule has 0 aliphatic heterocycles. The van der Waals surface area contributed by atoms with Crippen molar-refractivity contribution < 1.29 is 9.90 Å². The molecule has 0 bridgehead atoms. The number of carboxylic acid groups (broad SMARTS) is 1. The summed E-state index contributed by atoms with van der Waals surface area (Å²) in [6, 6.07) is 0. The number of rotatable bonds is 5. The minimum atomic E-state index is -0.525. The molecule has 2 fully saturated rings. The molecule has 0 spiro atoms. The Morgan fingerprint density at radius 2 is 1.63 bits per heavy atom. The number of aliphatic carboxylic acids is 1. The van der Waals surface area contributed by atoms with Gasteiger partial charge in [0, 0.05) is 0 Å². The fourth-order valence-electron chi connectivity index (χ4n) is 4.36. The molecular formula is C17H30O2. The van der Waals surface area contributed by atoms with Crippen molar-refractivity contribution in [3.63, 3.8) is 0 Å². The third-order valence-electron chi connectivity index (χ3n) is 5.77. The van der Waals surface area contributed by atoms with Gasteiger partial charge in [0.1, 0.15) is 0 Å². The molecule has 0 atom stereocenters. The fraction of sp³-hybridized carbons (Fsp3) is 0.941. The molecular weight excluding hydrogens is 236 g/mol. The largest absolute Gasteiger partial charge is 0.481 e. The number of hydrogen-bond acceptors (Lipinski definition) is 1. The summed E-state index contributed by atoms with van der Waals surface area (Å²) in [5.74, 6) is 1.21. The van der Waals surface area contributed by atoms with Crippen LogP contribution in [0.25, 0.3) is 0 Å². The van der Waals surface area contributed by atoms with Gasteiger partial charge in [-0.05, 0) is 43.9 Å². The molecule has 0 aromatic rings. The van der Waals surface area contributed by atoms with Gasteiger partial charge in [0.05, 0.1) is 5.41 Å². The molecule has 1 N–H and O–H groups in total. The molecule has 0 unspecified atom stereocenters. The zero-order valence-corrected chi connectivity index (χ0v) is 12.5. The van der Waals surface area contributed by atoms with E-state index in [1.165, 1.54) is 44.9 Å². The Morgan fingerprint density at radius 1 is 1.05 bits per heavy atom. The van der Waals surface area contributed by atoms with Crippen LogP contribution < -0.4 is 0 Å². The molecule has 2 saturated carbocycles. The maximum Gasteiger partial charge on any atom is 0.309 e. The second-order valence-corrected chi connectivity index (χ2v) is 6.92. The van der Waals surface area contributed by atoms with E-state index in [0.717, 1.165) is 43.9 Å². The van der Waals surface area contributed by atoms with Crippen LogP contribution in [0.2, 0.25) is 0 Å². The number of unbranched alkanes of at least 4 members (excludes halogenated alkanes) is 1. The number of carbonyl (C=O) groups is 1. The summed E-state index contributed by atoms with van der Waals surface area (Å²) in [6.07, 6.45) is 14.3. The van der Waals surface area contributed by atoms with Crippen molar-refractivity contribution in [3.8, 4) is 0 Å². The molecule has 2 aliphatic rings. The van der Waals surface area contributed by atoms with Crippen LogP contribution in [0.1, 0.15) is 84.0 Å². The van der Waals surface area contributed by atoms with E-state index in [1.54, 1.807) is 0 Å². The van der Waals surface area contributed by atoms with Crippen LogP contribution in [-0.4, -0.2) is 11.1 Å². The Balaban J connectivity index is 1.89. The van der Waals surface area contributed by atoms with Gasteiger partial charge in [-0.15, -0.1) is 0 Å². The van der Waals surface area contributed by atoms with Crippen LogP contribution in [0.4, 0.5) is 0 Å². The summed E-state index contributed by atoms with van der Waals surface area (Å²) in [4.78, 5) is 11.7. The van der Waals surface area contributed by atoms with E-state index in [9.17, 15) is 9.90 Å². The Kier molecular flexibility index (Phi) is 5.29. The molecule has 0 heterocycles. The third kappa shape index (κ3) is 3.52. The van der Waals surface area contributed by atoms with Crippen molar-refractivity contribution in [2.75, 3.05) is 0 Å². The maximum absolute atomic E-state index is 11.7. The van der Waals surface area contributed by atoms with Gasteiger partial charge in [0.25, 0.3) is 0 Å². The summed E-state index contributed by atoms with van der Waals surface area (Å²) in [5.41, 5.74) is -0.374. The lowest BCUT2D eigenvalue weighted by Gasteiger charge is -2.40. The predicted molar refractivity (Wildman–Crippen MR) is 78.1 cm³/mol. The highest BCUT2D eigenvalue weighted by Gasteiger charge is 2.42. The monoisotopic (exact) mass is 266 g/mol. The maximum atomic E-state index is 11.7. The average molecular weight is 266 g/mol. The summed E-state index contributed by atoms with van der Waals surface area (Å²) in [7, 11) is 0. The zero-order chi connectivity index (χ0) is 13.7. The molecule has 19 heavy (non-hydrogen) atoms. The lowest BCUT2D eigenvalue weighted by molar-refractivity contribution is -0.152. The molecule has 110 valence electrons. The van der Waals surface area contributed by atoms with E-state index in [-0.39, 0.29) is 5.41 Å². The molecule has 2 nitrogen and oxygen atoms in total. The van der Waals surface area contributed by atoms with Crippen LogP contribution in [0.5, 0.6) is 0 Å². The van der Waals surface area contributed by atoms with Gasteiger partial charge in [-0.2, -0.15) is 0 Å². The van der Waals surface area contributed by atoms with Gasteiger partial charge in [-0.3, -0.25) is 4.79 Å². The van der Waals surface area contributed by atoms with Crippen LogP contribution in [-0.2, 0) is 4.79 Å². The summed E-state index contributed by atoms with van der Waals surface area (Å²) < 4.78 is 0. The SMILES string of the molecule is CCCCC1(C(=O)O)CCC(C2CCCCC2)CC1. The minimum Gasteiger partial charge on any atom is -0.481 e. The van der Waals surface area contributed by atoms with E-state index in [1.807, 2.05) is 0 Å². The van der Waals surface area contributed by atoms with E-state index in [0.29, 0.717) is 0 Å². The molecule has 2 heteroatoms. The zero-order valence-electron chi connectivity index (χ0n) is 12.5. The first-order valence-electron chi connectivity index (χ1n) is 8.41. The first-order chi connectivity index (χ1) is 9.18. The van der Waals surface area contributed by atoms with E-state index in [4.69, 9.17) is 0 Å². The van der Waals surface area contributed by atoms with E-state index >= 15 is 0 Å². The van der Waals surface area contributed by atoms with Crippen molar-refractivity contribution in [2.45, 2.75) is 84.0 Å². The summed E-state index contributed by atoms with van der Waals surface area (Å²) in [5, 5.41) is 9.61.